The van der Waals surface area contributed by atoms with E-state index in [2.05, 4.69) is 20.9 Å². The van der Waals surface area contributed by atoms with Crippen molar-refractivity contribution in [2.45, 2.75) is 38.8 Å². The minimum Gasteiger partial charge on any atom is -0.353 e. The fourth-order valence-electron chi connectivity index (χ4n) is 3.87. The first-order chi connectivity index (χ1) is 13.1. The minimum atomic E-state index is -0.500. The summed E-state index contributed by atoms with van der Waals surface area (Å²) < 4.78 is 15.7. The maximum atomic E-state index is 13.5. The van der Waals surface area contributed by atoms with Gasteiger partial charge in [0.25, 0.3) is 0 Å². The number of fused-ring (bicyclic) bond motifs is 3. The number of pyridine rings is 1. The molecule has 0 bridgehead atoms. The van der Waals surface area contributed by atoms with Gasteiger partial charge in [0.2, 0.25) is 11.9 Å². The number of hydrogen-bond donors (Lipinski definition) is 1. The van der Waals surface area contributed by atoms with Crippen LogP contribution in [0.15, 0.2) is 36.4 Å². The van der Waals surface area contributed by atoms with Crippen molar-refractivity contribution in [3.63, 3.8) is 0 Å². The van der Waals surface area contributed by atoms with Crippen molar-refractivity contribution in [1.29, 1.82) is 5.26 Å². The Morgan fingerprint density at radius 2 is 2.22 bits per heavy atom. The summed E-state index contributed by atoms with van der Waals surface area (Å²) in [5, 5.41) is 13.3. The highest BCUT2D eigenvalue weighted by atomic mass is 19.1. The Kier molecular flexibility index (Phi) is 4.36. The van der Waals surface area contributed by atoms with E-state index in [1.807, 2.05) is 19.1 Å². The van der Waals surface area contributed by atoms with Gasteiger partial charge in [0.1, 0.15) is 0 Å². The molecule has 6 heteroatoms. The Labute approximate surface area is 156 Å². The minimum absolute atomic E-state index is 0.0329. The third-order valence-electron chi connectivity index (χ3n) is 5.09. The van der Waals surface area contributed by atoms with E-state index in [1.165, 1.54) is 6.07 Å². The Balaban J connectivity index is 1.78. The second-order valence-electron chi connectivity index (χ2n) is 6.83. The molecule has 2 heterocycles. The lowest BCUT2D eigenvalue weighted by Crippen LogP contribution is -2.35. The van der Waals surface area contributed by atoms with Gasteiger partial charge in [-0.05, 0) is 42.3 Å². The zero-order valence-corrected chi connectivity index (χ0v) is 15.0. The SMILES string of the molecule is CCC(=O)NC1Cc2c(n(Cc3cccc(F)n3)c3ccc(C#N)cc23)C1. The van der Waals surface area contributed by atoms with Crippen molar-refractivity contribution < 1.29 is 9.18 Å². The molecule has 0 spiro atoms. The van der Waals surface area contributed by atoms with E-state index in [0.717, 1.165) is 28.6 Å². The van der Waals surface area contributed by atoms with Crippen LogP contribution in [-0.4, -0.2) is 21.5 Å². The maximum absolute atomic E-state index is 13.5. The average molecular weight is 362 g/mol. The number of aromatic nitrogens is 2. The third-order valence-corrected chi connectivity index (χ3v) is 5.09. The number of halogens is 1. The zero-order chi connectivity index (χ0) is 19.0. The fraction of sp³-hybridized carbons (Fsp3) is 0.286. The van der Waals surface area contributed by atoms with Crippen LogP contribution in [0.5, 0.6) is 0 Å². The van der Waals surface area contributed by atoms with Crippen LogP contribution < -0.4 is 5.32 Å². The summed E-state index contributed by atoms with van der Waals surface area (Å²) in [5.41, 5.74) is 4.52. The van der Waals surface area contributed by atoms with E-state index in [0.29, 0.717) is 30.6 Å². The van der Waals surface area contributed by atoms with Crippen LogP contribution in [0.3, 0.4) is 0 Å². The highest BCUT2D eigenvalue weighted by Crippen LogP contribution is 2.34. The summed E-state index contributed by atoms with van der Waals surface area (Å²) in [6.07, 6.45) is 1.90. The fourth-order valence-corrected chi connectivity index (χ4v) is 3.87. The highest BCUT2D eigenvalue weighted by molar-refractivity contribution is 5.88. The predicted octanol–water partition coefficient (Wildman–Crippen LogP) is 3.09. The molecule has 0 saturated carbocycles. The Morgan fingerprint density at radius 3 is 2.96 bits per heavy atom. The molecule has 27 heavy (non-hydrogen) atoms. The molecule has 5 nitrogen and oxygen atoms in total. The molecule has 0 aliphatic heterocycles. The van der Waals surface area contributed by atoms with Crippen molar-refractivity contribution >= 4 is 16.8 Å². The van der Waals surface area contributed by atoms with E-state index in [9.17, 15) is 14.4 Å². The lowest BCUT2D eigenvalue weighted by atomic mass is 10.1. The molecular weight excluding hydrogens is 343 g/mol. The van der Waals surface area contributed by atoms with E-state index in [1.54, 1.807) is 18.2 Å². The number of benzene rings is 1. The molecular formula is C21H19FN4O. The molecule has 4 rings (SSSR count). The lowest BCUT2D eigenvalue weighted by molar-refractivity contribution is -0.121. The van der Waals surface area contributed by atoms with Crippen LogP contribution in [0.25, 0.3) is 10.9 Å². The second kappa shape index (κ2) is 6.84. The van der Waals surface area contributed by atoms with E-state index >= 15 is 0 Å². The number of nitriles is 1. The number of hydrogen-bond acceptors (Lipinski definition) is 3. The second-order valence-corrected chi connectivity index (χ2v) is 6.83. The number of nitrogens with one attached hydrogen (secondary N) is 1. The summed E-state index contributed by atoms with van der Waals surface area (Å²) in [4.78, 5) is 15.8. The average Bonchev–Trinajstić information content (AvgIpc) is 3.19. The first kappa shape index (κ1) is 17.2. The molecule has 1 aliphatic carbocycles. The summed E-state index contributed by atoms with van der Waals surface area (Å²) >= 11 is 0. The van der Waals surface area contributed by atoms with Gasteiger partial charge < -0.3 is 9.88 Å². The molecule has 1 atom stereocenters. The molecule has 0 saturated heterocycles. The largest absolute Gasteiger partial charge is 0.353 e. The Morgan fingerprint density at radius 1 is 1.37 bits per heavy atom. The number of carbonyl (C=O) groups is 1. The van der Waals surface area contributed by atoms with Crippen LogP contribution in [0, 0.1) is 17.3 Å². The maximum Gasteiger partial charge on any atom is 0.219 e. The van der Waals surface area contributed by atoms with Gasteiger partial charge in [0.15, 0.2) is 0 Å². The smallest absolute Gasteiger partial charge is 0.219 e. The van der Waals surface area contributed by atoms with Gasteiger partial charge in [-0.3, -0.25) is 4.79 Å². The molecule has 1 N–H and O–H groups in total. The van der Waals surface area contributed by atoms with Gasteiger partial charge in [0, 0.05) is 35.5 Å². The van der Waals surface area contributed by atoms with E-state index in [4.69, 9.17) is 0 Å². The number of carbonyl (C=O) groups excluding carboxylic acids is 1. The molecule has 0 fully saturated rings. The number of amides is 1. The van der Waals surface area contributed by atoms with Gasteiger partial charge in [0.05, 0.1) is 23.9 Å². The molecule has 136 valence electrons. The van der Waals surface area contributed by atoms with E-state index < -0.39 is 5.95 Å². The molecule has 1 aliphatic rings. The molecule has 0 radical (unpaired) electrons. The first-order valence-electron chi connectivity index (χ1n) is 9.04. The Hall–Kier alpha value is -3.20. The van der Waals surface area contributed by atoms with Gasteiger partial charge in [-0.1, -0.05) is 13.0 Å². The summed E-state index contributed by atoms with van der Waals surface area (Å²) in [7, 11) is 0. The first-order valence-corrected chi connectivity index (χ1v) is 9.04. The summed E-state index contributed by atoms with van der Waals surface area (Å²) in [5.74, 6) is -0.467. The molecule has 2 aromatic heterocycles. The van der Waals surface area contributed by atoms with Crippen molar-refractivity contribution in [3.8, 4) is 6.07 Å². The standard InChI is InChI=1S/C21H19FN4O/c1-2-21(27)25-15-9-17-16-8-13(11-23)6-7-18(16)26(19(17)10-15)12-14-4-3-5-20(22)24-14/h3-8,15H,2,9-10,12H2,1H3,(H,25,27). The van der Waals surface area contributed by atoms with Crippen LogP contribution in [0.2, 0.25) is 0 Å². The Bertz CT molecular complexity index is 1080. The lowest BCUT2D eigenvalue weighted by Gasteiger charge is -2.14. The van der Waals surface area contributed by atoms with Crippen LogP contribution >= 0.6 is 0 Å². The highest BCUT2D eigenvalue weighted by Gasteiger charge is 2.29. The van der Waals surface area contributed by atoms with Gasteiger partial charge >= 0.3 is 0 Å². The quantitative estimate of drug-likeness (QED) is 0.725. The van der Waals surface area contributed by atoms with Crippen LogP contribution in [-0.2, 0) is 24.2 Å². The van der Waals surface area contributed by atoms with E-state index in [-0.39, 0.29) is 11.9 Å². The van der Waals surface area contributed by atoms with Crippen molar-refractivity contribution in [3.05, 3.63) is 64.9 Å². The molecule has 1 amide bonds. The van der Waals surface area contributed by atoms with Crippen molar-refractivity contribution in [2.75, 3.05) is 0 Å². The van der Waals surface area contributed by atoms with Gasteiger partial charge in [-0.2, -0.15) is 9.65 Å². The topological polar surface area (TPSA) is 70.7 Å². The third kappa shape index (κ3) is 3.17. The van der Waals surface area contributed by atoms with Crippen LogP contribution in [0.4, 0.5) is 4.39 Å². The molecule has 3 aromatic rings. The zero-order valence-electron chi connectivity index (χ0n) is 15.0. The summed E-state index contributed by atoms with van der Waals surface area (Å²) in [6.45, 7) is 2.28. The van der Waals surface area contributed by atoms with Crippen LogP contribution in [0.1, 0.15) is 35.9 Å². The number of nitrogens with zero attached hydrogens (tertiary/aromatic N) is 3. The van der Waals surface area contributed by atoms with Gasteiger partial charge in [-0.15, -0.1) is 0 Å². The molecule has 1 unspecified atom stereocenters. The monoisotopic (exact) mass is 362 g/mol. The van der Waals surface area contributed by atoms with Crippen molar-refractivity contribution in [2.24, 2.45) is 0 Å². The van der Waals surface area contributed by atoms with Crippen molar-refractivity contribution in [1.82, 2.24) is 14.9 Å². The summed E-state index contributed by atoms with van der Waals surface area (Å²) in [6, 6.07) is 12.6. The number of rotatable bonds is 4. The van der Waals surface area contributed by atoms with Gasteiger partial charge in [-0.25, -0.2) is 4.98 Å². The normalized spacial score (nSPS) is 15.5. The molecule has 1 aromatic carbocycles. The predicted molar refractivity (Wildman–Crippen MR) is 99.6 cm³/mol.